The van der Waals surface area contributed by atoms with Gasteiger partial charge in [0.15, 0.2) is 11.5 Å². The summed E-state index contributed by atoms with van der Waals surface area (Å²) in [5.41, 5.74) is -0.0133. The number of para-hydroxylation sites is 2. The fourth-order valence-electron chi connectivity index (χ4n) is 3.07. The molecule has 0 saturated carbocycles. The van der Waals surface area contributed by atoms with Crippen LogP contribution in [0, 0.1) is 5.41 Å². The molecular weight excluding hydrogens is 302 g/mol. The number of hydrogen-bond acceptors (Lipinski definition) is 3. The van der Waals surface area contributed by atoms with Gasteiger partial charge in [0, 0.05) is 12.0 Å². The standard InChI is InChI=1S/C20H33NO3/c1-7-23-16-11-8-9-12-17(16)24-14-10-13-18(22)21-20(5,6)15-19(2,3)4/h8-9,11-12H,7,10,13-15H2,1-6H3,(H,21,22). The third kappa shape index (κ3) is 8.23. The zero-order valence-corrected chi connectivity index (χ0v) is 16.1. The lowest BCUT2D eigenvalue weighted by Gasteiger charge is -2.33. The van der Waals surface area contributed by atoms with Crippen LogP contribution in [0.15, 0.2) is 24.3 Å². The van der Waals surface area contributed by atoms with Crippen LogP contribution in [0.2, 0.25) is 0 Å². The van der Waals surface area contributed by atoms with Crippen LogP contribution in [0.25, 0.3) is 0 Å². The number of rotatable bonds is 9. The highest BCUT2D eigenvalue weighted by Crippen LogP contribution is 2.27. The zero-order valence-electron chi connectivity index (χ0n) is 16.1. The fraction of sp³-hybridized carbons (Fsp3) is 0.650. The molecule has 0 spiro atoms. The van der Waals surface area contributed by atoms with E-state index in [1.54, 1.807) is 0 Å². The molecule has 0 fully saturated rings. The average molecular weight is 335 g/mol. The highest BCUT2D eigenvalue weighted by Gasteiger charge is 2.26. The van der Waals surface area contributed by atoms with Gasteiger partial charge < -0.3 is 14.8 Å². The summed E-state index contributed by atoms with van der Waals surface area (Å²) in [6, 6.07) is 7.61. The lowest BCUT2D eigenvalue weighted by molar-refractivity contribution is -0.123. The number of amides is 1. The maximum absolute atomic E-state index is 12.1. The van der Waals surface area contributed by atoms with Gasteiger partial charge in [0.1, 0.15) is 0 Å². The summed E-state index contributed by atoms with van der Waals surface area (Å²) in [5, 5.41) is 3.12. The van der Waals surface area contributed by atoms with Gasteiger partial charge in [-0.1, -0.05) is 32.9 Å². The predicted octanol–water partition coefficient (Wildman–Crippen LogP) is 4.58. The number of nitrogens with one attached hydrogen (secondary N) is 1. The maximum atomic E-state index is 12.1. The normalized spacial score (nSPS) is 11.9. The van der Waals surface area contributed by atoms with Crippen molar-refractivity contribution in [3.63, 3.8) is 0 Å². The third-order valence-electron chi connectivity index (χ3n) is 3.40. The number of hydrogen-bond donors (Lipinski definition) is 1. The molecule has 0 radical (unpaired) electrons. The van der Waals surface area contributed by atoms with Crippen LogP contribution in [0.1, 0.15) is 60.8 Å². The van der Waals surface area contributed by atoms with E-state index < -0.39 is 0 Å². The van der Waals surface area contributed by atoms with Gasteiger partial charge in [0.05, 0.1) is 13.2 Å². The molecule has 4 nitrogen and oxygen atoms in total. The van der Waals surface area contributed by atoms with E-state index in [0.29, 0.717) is 26.1 Å². The van der Waals surface area contributed by atoms with Gasteiger partial charge >= 0.3 is 0 Å². The first-order valence-electron chi connectivity index (χ1n) is 8.78. The minimum atomic E-state index is -0.197. The number of benzene rings is 1. The Morgan fingerprint density at radius 1 is 1.04 bits per heavy atom. The Hall–Kier alpha value is -1.71. The van der Waals surface area contributed by atoms with Crippen molar-refractivity contribution in [2.24, 2.45) is 5.41 Å². The predicted molar refractivity (Wildman–Crippen MR) is 98.6 cm³/mol. The minimum absolute atomic E-state index is 0.0749. The van der Waals surface area contributed by atoms with Crippen LogP contribution < -0.4 is 14.8 Å². The first-order valence-corrected chi connectivity index (χ1v) is 8.78. The molecule has 1 N–H and O–H groups in total. The minimum Gasteiger partial charge on any atom is -0.490 e. The first-order chi connectivity index (χ1) is 11.1. The van der Waals surface area contributed by atoms with Crippen LogP contribution in [0.4, 0.5) is 0 Å². The molecule has 0 aliphatic rings. The Balaban J connectivity index is 2.36. The molecule has 0 unspecified atom stereocenters. The summed E-state index contributed by atoms with van der Waals surface area (Å²) in [6.07, 6.45) is 2.08. The molecule has 0 saturated heterocycles. The molecule has 1 aromatic rings. The highest BCUT2D eigenvalue weighted by molar-refractivity contribution is 5.76. The van der Waals surface area contributed by atoms with E-state index in [-0.39, 0.29) is 16.9 Å². The van der Waals surface area contributed by atoms with Crippen LogP contribution >= 0.6 is 0 Å². The second kappa shape index (κ2) is 8.95. The molecule has 0 aromatic heterocycles. The Morgan fingerprint density at radius 2 is 1.62 bits per heavy atom. The van der Waals surface area contributed by atoms with Crippen LogP contribution in [-0.4, -0.2) is 24.7 Å². The topological polar surface area (TPSA) is 47.6 Å². The molecule has 0 aliphatic carbocycles. The fourth-order valence-corrected chi connectivity index (χ4v) is 3.07. The van der Waals surface area contributed by atoms with Crippen LogP contribution in [0.5, 0.6) is 11.5 Å². The van der Waals surface area contributed by atoms with Crippen molar-refractivity contribution >= 4 is 5.91 Å². The summed E-state index contributed by atoms with van der Waals surface area (Å²) >= 11 is 0. The molecule has 1 amide bonds. The Bertz CT molecular complexity index is 518. The Labute approximate surface area is 146 Å². The van der Waals surface area contributed by atoms with E-state index in [4.69, 9.17) is 9.47 Å². The summed E-state index contributed by atoms with van der Waals surface area (Å²) < 4.78 is 11.3. The van der Waals surface area contributed by atoms with Gasteiger partial charge in [-0.25, -0.2) is 0 Å². The SMILES string of the molecule is CCOc1ccccc1OCCCC(=O)NC(C)(C)CC(C)(C)C. The molecule has 1 aromatic carbocycles. The van der Waals surface area contributed by atoms with Crippen LogP contribution in [-0.2, 0) is 4.79 Å². The monoisotopic (exact) mass is 335 g/mol. The lowest BCUT2D eigenvalue weighted by Crippen LogP contribution is -2.45. The smallest absolute Gasteiger partial charge is 0.220 e. The Kier molecular flexibility index (Phi) is 7.59. The third-order valence-corrected chi connectivity index (χ3v) is 3.40. The van der Waals surface area contributed by atoms with Gasteiger partial charge in [0.25, 0.3) is 0 Å². The Morgan fingerprint density at radius 3 is 2.17 bits per heavy atom. The molecule has 1 rings (SSSR count). The summed E-state index contributed by atoms with van der Waals surface area (Å²) in [6.45, 7) is 13.7. The molecule has 136 valence electrons. The van der Waals surface area contributed by atoms with Crippen molar-refractivity contribution in [3.05, 3.63) is 24.3 Å². The van der Waals surface area contributed by atoms with E-state index >= 15 is 0 Å². The van der Waals surface area contributed by atoms with Crippen molar-refractivity contribution < 1.29 is 14.3 Å². The van der Waals surface area contributed by atoms with Crippen molar-refractivity contribution in [2.45, 2.75) is 66.3 Å². The van der Waals surface area contributed by atoms with Gasteiger partial charge in [-0.05, 0) is 51.2 Å². The van der Waals surface area contributed by atoms with Gasteiger partial charge in [-0.3, -0.25) is 4.79 Å². The highest BCUT2D eigenvalue weighted by atomic mass is 16.5. The summed E-state index contributed by atoms with van der Waals surface area (Å²) in [5.74, 6) is 1.55. The molecule has 0 aliphatic heterocycles. The molecule has 4 heteroatoms. The largest absolute Gasteiger partial charge is 0.490 e. The lowest BCUT2D eigenvalue weighted by atomic mass is 9.82. The molecule has 0 atom stereocenters. The van der Waals surface area contributed by atoms with Gasteiger partial charge in [-0.15, -0.1) is 0 Å². The first kappa shape index (κ1) is 20.3. The summed E-state index contributed by atoms with van der Waals surface area (Å²) in [4.78, 5) is 12.1. The van der Waals surface area contributed by atoms with Crippen molar-refractivity contribution in [1.29, 1.82) is 0 Å². The summed E-state index contributed by atoms with van der Waals surface area (Å²) in [7, 11) is 0. The van der Waals surface area contributed by atoms with E-state index in [2.05, 4.69) is 39.9 Å². The van der Waals surface area contributed by atoms with E-state index in [1.807, 2.05) is 31.2 Å². The van der Waals surface area contributed by atoms with E-state index in [0.717, 1.165) is 17.9 Å². The average Bonchev–Trinajstić information content (AvgIpc) is 2.42. The quantitative estimate of drug-likeness (QED) is 0.672. The maximum Gasteiger partial charge on any atom is 0.220 e. The van der Waals surface area contributed by atoms with Gasteiger partial charge in [0.2, 0.25) is 5.91 Å². The molecule has 24 heavy (non-hydrogen) atoms. The van der Waals surface area contributed by atoms with Crippen molar-refractivity contribution in [2.75, 3.05) is 13.2 Å². The second-order valence-corrected chi connectivity index (χ2v) is 8.00. The zero-order chi connectivity index (χ0) is 18.2. The number of ether oxygens (including phenoxy) is 2. The molecule has 0 heterocycles. The van der Waals surface area contributed by atoms with Crippen molar-refractivity contribution in [3.8, 4) is 11.5 Å². The van der Waals surface area contributed by atoms with Gasteiger partial charge in [-0.2, -0.15) is 0 Å². The number of carbonyl (C=O) groups is 1. The van der Waals surface area contributed by atoms with E-state index in [1.165, 1.54) is 0 Å². The number of carbonyl (C=O) groups excluding carboxylic acids is 1. The second-order valence-electron chi connectivity index (χ2n) is 8.00. The van der Waals surface area contributed by atoms with Crippen LogP contribution in [0.3, 0.4) is 0 Å². The van der Waals surface area contributed by atoms with Crippen molar-refractivity contribution in [1.82, 2.24) is 5.32 Å². The molecular formula is C20H33NO3. The molecule has 0 bridgehead atoms. The van der Waals surface area contributed by atoms with E-state index in [9.17, 15) is 4.79 Å².